The number of hydrogen-bond acceptors (Lipinski definition) is 5. The van der Waals surface area contributed by atoms with Crippen LogP contribution in [0.1, 0.15) is 32.5 Å². The highest BCUT2D eigenvalue weighted by Gasteiger charge is 2.18. The number of nitrogens with one attached hydrogen (secondary N) is 2. The van der Waals surface area contributed by atoms with Crippen LogP contribution in [0.4, 0.5) is 15.1 Å². The molecule has 2 amide bonds. The Morgan fingerprint density at radius 1 is 1.06 bits per heavy atom. The summed E-state index contributed by atoms with van der Waals surface area (Å²) in [4.78, 5) is 25.7. The van der Waals surface area contributed by atoms with E-state index in [0.29, 0.717) is 39.2 Å². The molecule has 9 heteroatoms. The Labute approximate surface area is 187 Å². The van der Waals surface area contributed by atoms with Gasteiger partial charge >= 0.3 is 0 Å². The number of thiophene rings is 1. The molecule has 0 spiro atoms. The third-order valence-electron chi connectivity index (χ3n) is 4.26. The Morgan fingerprint density at radius 2 is 1.84 bits per heavy atom. The van der Waals surface area contributed by atoms with E-state index >= 15 is 0 Å². The lowest BCUT2D eigenvalue weighted by Crippen LogP contribution is -2.12. The second-order valence-electron chi connectivity index (χ2n) is 6.45. The second kappa shape index (κ2) is 9.80. The molecule has 3 rings (SSSR count). The number of benzene rings is 2. The van der Waals surface area contributed by atoms with Gasteiger partial charge in [-0.25, -0.2) is 4.39 Å². The van der Waals surface area contributed by atoms with Crippen LogP contribution in [0.5, 0.6) is 11.5 Å². The van der Waals surface area contributed by atoms with Crippen molar-refractivity contribution in [1.82, 2.24) is 0 Å². The quantitative estimate of drug-likeness (QED) is 0.468. The van der Waals surface area contributed by atoms with Gasteiger partial charge in [-0.3, -0.25) is 9.59 Å². The zero-order valence-electron chi connectivity index (χ0n) is 17.0. The minimum absolute atomic E-state index is 0.00773. The largest absolute Gasteiger partial charge is 0.493 e. The molecule has 1 heterocycles. The molecule has 31 heavy (non-hydrogen) atoms. The van der Waals surface area contributed by atoms with E-state index in [1.54, 1.807) is 38.3 Å². The summed E-state index contributed by atoms with van der Waals surface area (Å²) in [5.41, 5.74) is 1.38. The van der Waals surface area contributed by atoms with E-state index in [1.807, 2.05) is 6.92 Å². The van der Waals surface area contributed by atoms with Gasteiger partial charge in [0.15, 0.2) is 11.5 Å². The zero-order chi connectivity index (χ0) is 22.5. The molecule has 0 aliphatic carbocycles. The van der Waals surface area contributed by atoms with Gasteiger partial charge < -0.3 is 20.1 Å². The Bertz CT molecular complexity index is 1130. The Morgan fingerprint density at radius 3 is 2.52 bits per heavy atom. The number of aryl methyl sites for hydroxylation is 1. The summed E-state index contributed by atoms with van der Waals surface area (Å²) in [6, 6.07) is 10.3. The standard InChI is InChI=1S/C22H20ClFN2O4S/c1-4-30-18-11-14(6-8-17(18)29-3)25-22(28)20-12(2)9-19(31-20)26-21(27)15-7-5-13(24)10-16(15)23/h5-11H,4H2,1-3H3,(H,25,28)(H,26,27). The average Bonchev–Trinajstić information content (AvgIpc) is 3.08. The summed E-state index contributed by atoms with van der Waals surface area (Å²) in [7, 11) is 1.54. The molecule has 162 valence electrons. The Kier molecular flexibility index (Phi) is 7.14. The Balaban J connectivity index is 1.75. The maximum absolute atomic E-state index is 13.2. The number of carbonyl (C=O) groups excluding carboxylic acids is 2. The number of rotatable bonds is 7. The molecule has 0 atom stereocenters. The molecular formula is C22H20ClFN2O4S. The lowest BCUT2D eigenvalue weighted by molar-refractivity contribution is 0.102. The maximum atomic E-state index is 13.2. The molecule has 0 unspecified atom stereocenters. The molecule has 6 nitrogen and oxygen atoms in total. The highest BCUT2D eigenvalue weighted by molar-refractivity contribution is 7.18. The summed E-state index contributed by atoms with van der Waals surface area (Å²) in [6.07, 6.45) is 0. The smallest absolute Gasteiger partial charge is 0.266 e. The minimum atomic E-state index is -0.529. The SMILES string of the molecule is CCOc1cc(NC(=O)c2sc(NC(=O)c3ccc(F)cc3Cl)cc2C)ccc1OC. The molecule has 2 aromatic carbocycles. The molecule has 0 bridgehead atoms. The molecular weight excluding hydrogens is 443 g/mol. The van der Waals surface area contributed by atoms with Gasteiger partial charge in [-0.05, 0) is 55.8 Å². The lowest BCUT2D eigenvalue weighted by atomic mass is 10.2. The van der Waals surface area contributed by atoms with Crippen molar-refractivity contribution in [2.75, 3.05) is 24.4 Å². The lowest BCUT2D eigenvalue weighted by Gasteiger charge is -2.11. The van der Waals surface area contributed by atoms with Crippen molar-refractivity contribution in [3.8, 4) is 11.5 Å². The van der Waals surface area contributed by atoms with Crippen molar-refractivity contribution < 1.29 is 23.5 Å². The number of anilines is 2. The number of hydrogen-bond donors (Lipinski definition) is 2. The molecule has 0 fully saturated rings. The molecule has 0 saturated heterocycles. The first kappa shape index (κ1) is 22.6. The van der Waals surface area contributed by atoms with E-state index in [-0.39, 0.29) is 16.5 Å². The van der Waals surface area contributed by atoms with Crippen LogP contribution in [-0.4, -0.2) is 25.5 Å². The summed E-state index contributed by atoms with van der Waals surface area (Å²) in [6.45, 7) is 4.08. The topological polar surface area (TPSA) is 76.7 Å². The number of ether oxygens (including phenoxy) is 2. The van der Waals surface area contributed by atoms with E-state index in [2.05, 4.69) is 10.6 Å². The number of halogens is 2. The van der Waals surface area contributed by atoms with E-state index < -0.39 is 11.7 Å². The normalized spacial score (nSPS) is 10.5. The van der Waals surface area contributed by atoms with Gasteiger partial charge in [0, 0.05) is 11.8 Å². The maximum Gasteiger partial charge on any atom is 0.266 e. The van der Waals surface area contributed by atoms with Gasteiger partial charge in [-0.2, -0.15) is 0 Å². The van der Waals surface area contributed by atoms with Gasteiger partial charge in [0.05, 0.1) is 34.2 Å². The van der Waals surface area contributed by atoms with Crippen molar-refractivity contribution in [3.63, 3.8) is 0 Å². The van der Waals surface area contributed by atoms with Gasteiger partial charge in [-0.15, -0.1) is 11.3 Å². The van der Waals surface area contributed by atoms with Gasteiger partial charge in [0.2, 0.25) is 0 Å². The van der Waals surface area contributed by atoms with Crippen LogP contribution < -0.4 is 20.1 Å². The zero-order valence-corrected chi connectivity index (χ0v) is 18.6. The Hall–Kier alpha value is -3.10. The monoisotopic (exact) mass is 462 g/mol. The van der Waals surface area contributed by atoms with Gasteiger partial charge in [-0.1, -0.05) is 11.6 Å². The first-order chi connectivity index (χ1) is 14.8. The summed E-state index contributed by atoms with van der Waals surface area (Å²) < 4.78 is 24.0. The van der Waals surface area contributed by atoms with Crippen molar-refractivity contribution in [2.45, 2.75) is 13.8 Å². The van der Waals surface area contributed by atoms with Crippen molar-refractivity contribution in [1.29, 1.82) is 0 Å². The first-order valence-corrected chi connectivity index (χ1v) is 10.5. The molecule has 0 aliphatic heterocycles. The van der Waals surface area contributed by atoms with Crippen LogP contribution >= 0.6 is 22.9 Å². The van der Waals surface area contributed by atoms with Crippen molar-refractivity contribution in [3.05, 3.63) is 69.3 Å². The van der Waals surface area contributed by atoms with E-state index in [1.165, 1.54) is 6.07 Å². The van der Waals surface area contributed by atoms with E-state index in [9.17, 15) is 14.0 Å². The minimum Gasteiger partial charge on any atom is -0.493 e. The van der Waals surface area contributed by atoms with Crippen LogP contribution in [0.25, 0.3) is 0 Å². The summed E-state index contributed by atoms with van der Waals surface area (Å²) in [5, 5.41) is 6.00. The van der Waals surface area contributed by atoms with Crippen molar-refractivity contribution >= 4 is 45.4 Å². The number of carbonyl (C=O) groups is 2. The van der Waals surface area contributed by atoms with Crippen LogP contribution in [0.3, 0.4) is 0 Å². The molecule has 0 aliphatic rings. The molecule has 1 aromatic heterocycles. The van der Waals surface area contributed by atoms with E-state index in [0.717, 1.165) is 23.5 Å². The third-order valence-corrected chi connectivity index (χ3v) is 5.72. The predicted octanol–water partition coefficient (Wildman–Crippen LogP) is 5.76. The van der Waals surface area contributed by atoms with Gasteiger partial charge in [0.25, 0.3) is 11.8 Å². The fourth-order valence-electron chi connectivity index (χ4n) is 2.83. The molecule has 2 N–H and O–H groups in total. The highest BCUT2D eigenvalue weighted by Crippen LogP contribution is 2.32. The third kappa shape index (κ3) is 5.34. The van der Waals surface area contributed by atoms with Gasteiger partial charge in [0.1, 0.15) is 5.82 Å². The van der Waals surface area contributed by atoms with E-state index in [4.69, 9.17) is 21.1 Å². The summed E-state index contributed by atoms with van der Waals surface area (Å²) >= 11 is 7.07. The van der Waals surface area contributed by atoms with Crippen LogP contribution in [0.2, 0.25) is 5.02 Å². The van der Waals surface area contributed by atoms with Crippen molar-refractivity contribution in [2.24, 2.45) is 0 Å². The van der Waals surface area contributed by atoms with Crippen LogP contribution in [0.15, 0.2) is 42.5 Å². The first-order valence-electron chi connectivity index (χ1n) is 9.31. The fraction of sp³-hybridized carbons (Fsp3) is 0.182. The fourth-order valence-corrected chi connectivity index (χ4v) is 4.05. The molecule has 0 radical (unpaired) electrons. The molecule has 3 aromatic rings. The number of amides is 2. The van der Waals surface area contributed by atoms with Crippen LogP contribution in [0, 0.1) is 12.7 Å². The summed E-state index contributed by atoms with van der Waals surface area (Å²) in [5.74, 6) is -0.255. The second-order valence-corrected chi connectivity index (χ2v) is 7.91. The average molecular weight is 463 g/mol. The number of methoxy groups -OCH3 is 1. The highest BCUT2D eigenvalue weighted by atomic mass is 35.5. The molecule has 0 saturated carbocycles. The van der Waals surface area contributed by atoms with Crippen LogP contribution in [-0.2, 0) is 0 Å². The predicted molar refractivity (Wildman–Crippen MR) is 121 cm³/mol.